The van der Waals surface area contributed by atoms with Crippen LogP contribution in [0.3, 0.4) is 0 Å². The smallest absolute Gasteiger partial charge is 0.305 e. The number of methoxy groups -OCH3 is 1. The van der Waals surface area contributed by atoms with Crippen molar-refractivity contribution >= 4 is 5.97 Å². The standard InChI is InChI=1S/C24H40O2/c1-16(15-22(25)26-4)19-10-11-20-18-9-8-17-7-5-6-13-23(17,2)21(18)12-14-24(19,20)3/h16-21H,5-15H2,1-4H3/t16-,17-,18+,19-,20+,21+,23+,24-/m1/s1. The molecule has 8 atom stereocenters. The minimum atomic E-state index is -0.0199. The molecule has 0 saturated heterocycles. The van der Waals surface area contributed by atoms with E-state index in [1.54, 1.807) is 0 Å². The first-order valence-corrected chi connectivity index (χ1v) is 11.5. The van der Waals surface area contributed by atoms with Crippen LogP contribution < -0.4 is 0 Å². The molecule has 0 radical (unpaired) electrons. The Bertz CT molecular complexity index is 542. The predicted octanol–water partition coefficient (Wildman–Crippen LogP) is 6.23. The van der Waals surface area contributed by atoms with Crippen LogP contribution in [-0.2, 0) is 9.53 Å². The van der Waals surface area contributed by atoms with Crippen molar-refractivity contribution in [2.24, 2.45) is 46.3 Å². The Labute approximate surface area is 160 Å². The lowest BCUT2D eigenvalue weighted by Crippen LogP contribution is -2.53. The quantitative estimate of drug-likeness (QED) is 0.557. The second kappa shape index (κ2) is 6.82. The summed E-state index contributed by atoms with van der Waals surface area (Å²) < 4.78 is 4.97. The molecule has 0 unspecified atom stereocenters. The number of rotatable bonds is 3. The SMILES string of the molecule is COC(=O)C[C@@H](C)[C@H]1CC[C@H]2[C@@H]3CC[C@H]4CCCC[C@]4(C)[C@H]3CC[C@]12C. The third kappa shape index (κ3) is 2.76. The minimum absolute atomic E-state index is 0.0199. The van der Waals surface area contributed by atoms with Gasteiger partial charge in [0.05, 0.1) is 7.11 Å². The van der Waals surface area contributed by atoms with Crippen LogP contribution in [0.15, 0.2) is 0 Å². The van der Waals surface area contributed by atoms with E-state index in [1.807, 2.05) is 0 Å². The zero-order chi connectivity index (χ0) is 18.5. The molecule has 0 aromatic heterocycles. The van der Waals surface area contributed by atoms with Crippen LogP contribution in [0.25, 0.3) is 0 Å². The summed E-state index contributed by atoms with van der Waals surface area (Å²) in [5.41, 5.74) is 1.10. The molecule has 0 aromatic carbocycles. The van der Waals surface area contributed by atoms with Gasteiger partial charge in [0.1, 0.15) is 0 Å². The normalized spacial score (nSPS) is 48.8. The lowest BCUT2D eigenvalue weighted by Gasteiger charge is -2.60. The summed E-state index contributed by atoms with van der Waals surface area (Å²) in [6.07, 6.45) is 15.1. The number of hydrogen-bond acceptors (Lipinski definition) is 2. The third-order valence-corrected chi connectivity index (χ3v) is 10.1. The average Bonchev–Trinajstić information content (AvgIpc) is 2.98. The van der Waals surface area contributed by atoms with Crippen molar-refractivity contribution in [3.8, 4) is 0 Å². The maximum absolute atomic E-state index is 11.8. The molecule has 0 heterocycles. The summed E-state index contributed by atoms with van der Waals surface area (Å²) >= 11 is 0. The highest BCUT2D eigenvalue weighted by atomic mass is 16.5. The lowest BCUT2D eigenvalue weighted by molar-refractivity contribution is -0.143. The Morgan fingerprint density at radius 1 is 0.962 bits per heavy atom. The molecular weight excluding hydrogens is 320 g/mol. The summed E-state index contributed by atoms with van der Waals surface area (Å²) in [4.78, 5) is 11.8. The molecule has 2 heteroatoms. The van der Waals surface area contributed by atoms with E-state index < -0.39 is 0 Å². The highest BCUT2D eigenvalue weighted by Crippen LogP contribution is 2.68. The van der Waals surface area contributed by atoms with Crippen LogP contribution in [0.1, 0.15) is 91.4 Å². The third-order valence-electron chi connectivity index (χ3n) is 10.1. The van der Waals surface area contributed by atoms with Gasteiger partial charge in [0.15, 0.2) is 0 Å². The Morgan fingerprint density at radius 2 is 1.73 bits per heavy atom. The Hall–Kier alpha value is -0.530. The molecular formula is C24H40O2. The molecule has 0 aromatic rings. The second-order valence-electron chi connectivity index (χ2n) is 10.9. The fourth-order valence-corrected chi connectivity index (χ4v) is 8.76. The highest BCUT2D eigenvalue weighted by Gasteiger charge is 2.60. The van der Waals surface area contributed by atoms with E-state index in [2.05, 4.69) is 20.8 Å². The van der Waals surface area contributed by atoms with E-state index in [9.17, 15) is 4.79 Å². The van der Waals surface area contributed by atoms with Crippen molar-refractivity contribution in [2.75, 3.05) is 7.11 Å². The molecule has 4 rings (SSSR count). The summed E-state index contributed by atoms with van der Waals surface area (Å²) in [5, 5.41) is 0. The van der Waals surface area contributed by atoms with Crippen molar-refractivity contribution in [3.63, 3.8) is 0 Å². The van der Waals surface area contributed by atoms with E-state index in [0.717, 1.165) is 23.7 Å². The van der Waals surface area contributed by atoms with E-state index in [-0.39, 0.29) is 5.97 Å². The molecule has 148 valence electrons. The maximum atomic E-state index is 11.8. The molecule has 2 nitrogen and oxygen atoms in total. The van der Waals surface area contributed by atoms with Crippen molar-refractivity contribution < 1.29 is 9.53 Å². The van der Waals surface area contributed by atoms with Gasteiger partial charge in [-0.1, -0.05) is 33.6 Å². The van der Waals surface area contributed by atoms with E-state index in [4.69, 9.17) is 4.74 Å². The van der Waals surface area contributed by atoms with Crippen LogP contribution in [0.4, 0.5) is 0 Å². The van der Waals surface area contributed by atoms with Gasteiger partial charge in [-0.3, -0.25) is 4.79 Å². The molecule has 0 N–H and O–H groups in total. The maximum Gasteiger partial charge on any atom is 0.305 e. The molecule has 0 amide bonds. The van der Waals surface area contributed by atoms with Crippen molar-refractivity contribution in [1.29, 1.82) is 0 Å². The van der Waals surface area contributed by atoms with Crippen molar-refractivity contribution in [3.05, 3.63) is 0 Å². The van der Waals surface area contributed by atoms with Crippen LogP contribution in [0, 0.1) is 46.3 Å². The molecule has 0 bridgehead atoms. The predicted molar refractivity (Wildman–Crippen MR) is 106 cm³/mol. The van der Waals surface area contributed by atoms with E-state index in [1.165, 1.54) is 71.3 Å². The first-order valence-electron chi connectivity index (χ1n) is 11.5. The fourth-order valence-electron chi connectivity index (χ4n) is 8.76. The molecule has 0 aliphatic heterocycles. The van der Waals surface area contributed by atoms with Crippen LogP contribution in [0.5, 0.6) is 0 Å². The van der Waals surface area contributed by atoms with Crippen LogP contribution in [0.2, 0.25) is 0 Å². The first-order chi connectivity index (χ1) is 12.4. The zero-order valence-corrected chi connectivity index (χ0v) is 17.6. The number of carbonyl (C=O) groups is 1. The van der Waals surface area contributed by atoms with Gasteiger partial charge in [0.2, 0.25) is 0 Å². The summed E-state index contributed by atoms with van der Waals surface area (Å²) in [6, 6.07) is 0. The fraction of sp³-hybridized carbons (Fsp3) is 0.958. The number of hydrogen-bond donors (Lipinski definition) is 0. The van der Waals surface area contributed by atoms with Gasteiger partial charge in [0, 0.05) is 6.42 Å². The van der Waals surface area contributed by atoms with Gasteiger partial charge in [-0.15, -0.1) is 0 Å². The Balaban J connectivity index is 1.53. The summed E-state index contributed by atoms with van der Waals surface area (Å²) in [5.74, 6) is 5.02. The van der Waals surface area contributed by atoms with Crippen molar-refractivity contribution in [1.82, 2.24) is 0 Å². The van der Waals surface area contributed by atoms with Gasteiger partial charge in [-0.05, 0) is 97.7 Å². The second-order valence-corrected chi connectivity index (χ2v) is 10.9. The molecule has 4 aliphatic rings. The van der Waals surface area contributed by atoms with Gasteiger partial charge in [-0.2, -0.15) is 0 Å². The molecule has 26 heavy (non-hydrogen) atoms. The lowest BCUT2D eigenvalue weighted by atomic mass is 9.44. The molecule has 4 saturated carbocycles. The molecule has 4 fully saturated rings. The summed E-state index contributed by atoms with van der Waals surface area (Å²) in [7, 11) is 1.53. The topological polar surface area (TPSA) is 26.3 Å². The van der Waals surface area contributed by atoms with E-state index >= 15 is 0 Å². The summed E-state index contributed by atoms with van der Waals surface area (Å²) in [6.45, 7) is 7.57. The number of fused-ring (bicyclic) bond motifs is 5. The van der Waals surface area contributed by atoms with E-state index in [0.29, 0.717) is 29.1 Å². The highest BCUT2D eigenvalue weighted by molar-refractivity contribution is 5.69. The van der Waals surface area contributed by atoms with Crippen LogP contribution in [-0.4, -0.2) is 13.1 Å². The van der Waals surface area contributed by atoms with Gasteiger partial charge >= 0.3 is 5.97 Å². The van der Waals surface area contributed by atoms with Crippen LogP contribution >= 0.6 is 0 Å². The first kappa shape index (κ1) is 18.8. The number of ether oxygens (including phenoxy) is 1. The number of carbonyl (C=O) groups excluding carboxylic acids is 1. The van der Waals surface area contributed by atoms with Gasteiger partial charge < -0.3 is 4.74 Å². The number of esters is 1. The van der Waals surface area contributed by atoms with Gasteiger partial charge in [-0.25, -0.2) is 0 Å². The van der Waals surface area contributed by atoms with Gasteiger partial charge in [0.25, 0.3) is 0 Å². The van der Waals surface area contributed by atoms with Crippen molar-refractivity contribution in [2.45, 2.75) is 91.4 Å². The largest absolute Gasteiger partial charge is 0.469 e. The molecule has 4 aliphatic carbocycles. The Kier molecular flexibility index (Phi) is 4.93. The monoisotopic (exact) mass is 360 g/mol. The Morgan fingerprint density at radius 3 is 2.50 bits per heavy atom. The average molecular weight is 361 g/mol. The molecule has 0 spiro atoms. The minimum Gasteiger partial charge on any atom is -0.469 e. The zero-order valence-electron chi connectivity index (χ0n) is 17.6.